The molecule has 20 heavy (non-hydrogen) atoms. The molecule has 0 spiro atoms. The Morgan fingerprint density at radius 1 is 1.05 bits per heavy atom. The standard InChI is InChI=1S/C15H23N3O2/c1-10(2)17-14(19)13-7-5-6-12(8-13)9-16-15(20)18-11(3)4/h5-8,10-11H,9H2,1-4H3,(H,17,19)(H2,16,18,20). The third-order valence-corrected chi connectivity index (χ3v) is 2.48. The number of carbonyl (C=O) groups is 2. The summed E-state index contributed by atoms with van der Waals surface area (Å²) < 4.78 is 0. The molecule has 1 aromatic rings. The van der Waals surface area contributed by atoms with E-state index in [1.54, 1.807) is 12.1 Å². The number of carbonyl (C=O) groups excluding carboxylic acids is 2. The molecule has 0 aliphatic heterocycles. The number of urea groups is 1. The summed E-state index contributed by atoms with van der Waals surface area (Å²) in [4.78, 5) is 23.4. The fourth-order valence-corrected chi connectivity index (χ4v) is 1.66. The number of benzene rings is 1. The van der Waals surface area contributed by atoms with Crippen LogP contribution < -0.4 is 16.0 Å². The van der Waals surface area contributed by atoms with Gasteiger partial charge in [0.05, 0.1) is 0 Å². The van der Waals surface area contributed by atoms with E-state index in [4.69, 9.17) is 0 Å². The Balaban J connectivity index is 2.60. The lowest BCUT2D eigenvalue weighted by Gasteiger charge is -2.11. The molecule has 5 nitrogen and oxygen atoms in total. The molecule has 1 rings (SSSR count). The summed E-state index contributed by atoms with van der Waals surface area (Å²) in [5, 5.41) is 8.34. The minimum atomic E-state index is -0.211. The van der Waals surface area contributed by atoms with Crippen LogP contribution in [-0.4, -0.2) is 24.0 Å². The van der Waals surface area contributed by atoms with Gasteiger partial charge in [0.2, 0.25) is 0 Å². The molecule has 0 aromatic heterocycles. The van der Waals surface area contributed by atoms with Crippen molar-refractivity contribution in [3.63, 3.8) is 0 Å². The van der Waals surface area contributed by atoms with Crippen LogP contribution in [0.2, 0.25) is 0 Å². The number of hydrogen-bond donors (Lipinski definition) is 3. The quantitative estimate of drug-likeness (QED) is 0.770. The van der Waals surface area contributed by atoms with Gasteiger partial charge in [0.15, 0.2) is 0 Å². The molecule has 0 aliphatic rings. The van der Waals surface area contributed by atoms with Gasteiger partial charge in [-0.25, -0.2) is 4.79 Å². The molecule has 0 fully saturated rings. The average Bonchev–Trinajstić information content (AvgIpc) is 2.35. The van der Waals surface area contributed by atoms with E-state index in [1.165, 1.54) is 0 Å². The van der Waals surface area contributed by atoms with Gasteiger partial charge in [0.25, 0.3) is 5.91 Å². The zero-order valence-electron chi connectivity index (χ0n) is 12.5. The molecule has 110 valence electrons. The van der Waals surface area contributed by atoms with Crippen molar-refractivity contribution in [3.8, 4) is 0 Å². The molecule has 5 heteroatoms. The molecule has 0 heterocycles. The summed E-state index contributed by atoms with van der Waals surface area (Å²) in [7, 11) is 0. The predicted molar refractivity (Wildman–Crippen MR) is 79.6 cm³/mol. The Morgan fingerprint density at radius 2 is 1.70 bits per heavy atom. The van der Waals surface area contributed by atoms with E-state index in [1.807, 2.05) is 39.8 Å². The van der Waals surface area contributed by atoms with E-state index in [0.29, 0.717) is 12.1 Å². The summed E-state index contributed by atoms with van der Waals surface area (Å²) in [5.41, 5.74) is 1.49. The molecular formula is C15H23N3O2. The number of amides is 3. The van der Waals surface area contributed by atoms with Gasteiger partial charge in [-0.3, -0.25) is 4.79 Å². The third kappa shape index (κ3) is 5.73. The smallest absolute Gasteiger partial charge is 0.315 e. The highest BCUT2D eigenvalue weighted by atomic mass is 16.2. The Bertz CT molecular complexity index is 470. The van der Waals surface area contributed by atoms with Crippen molar-refractivity contribution in [2.75, 3.05) is 0 Å². The topological polar surface area (TPSA) is 70.2 Å². The maximum Gasteiger partial charge on any atom is 0.315 e. The van der Waals surface area contributed by atoms with Crippen LogP contribution in [0, 0.1) is 0 Å². The van der Waals surface area contributed by atoms with Crippen molar-refractivity contribution in [2.24, 2.45) is 0 Å². The second kappa shape index (κ2) is 7.53. The molecule has 3 N–H and O–H groups in total. The molecule has 0 radical (unpaired) electrons. The van der Waals surface area contributed by atoms with Crippen molar-refractivity contribution >= 4 is 11.9 Å². The summed E-state index contributed by atoms with van der Waals surface area (Å²) in [6.45, 7) is 8.02. The van der Waals surface area contributed by atoms with E-state index >= 15 is 0 Å². The zero-order valence-corrected chi connectivity index (χ0v) is 12.5. The van der Waals surface area contributed by atoms with Crippen molar-refractivity contribution < 1.29 is 9.59 Å². The van der Waals surface area contributed by atoms with Gasteiger partial charge in [-0.2, -0.15) is 0 Å². The highest BCUT2D eigenvalue weighted by Gasteiger charge is 2.08. The minimum absolute atomic E-state index is 0.0955. The predicted octanol–water partition coefficient (Wildman–Crippen LogP) is 2.03. The average molecular weight is 277 g/mol. The van der Waals surface area contributed by atoms with Crippen molar-refractivity contribution in [2.45, 2.75) is 46.3 Å². The fraction of sp³-hybridized carbons (Fsp3) is 0.467. The monoisotopic (exact) mass is 277 g/mol. The van der Waals surface area contributed by atoms with Crippen LogP contribution in [0.1, 0.15) is 43.6 Å². The molecule has 3 amide bonds. The molecule has 0 unspecified atom stereocenters. The Labute approximate surface area is 120 Å². The van der Waals surface area contributed by atoms with Gasteiger partial charge < -0.3 is 16.0 Å². The van der Waals surface area contributed by atoms with Gasteiger partial charge in [-0.05, 0) is 45.4 Å². The summed E-state index contributed by atoms with van der Waals surface area (Å²) in [6, 6.07) is 7.22. The third-order valence-electron chi connectivity index (χ3n) is 2.48. The molecular weight excluding hydrogens is 254 g/mol. The normalized spacial score (nSPS) is 10.5. The largest absolute Gasteiger partial charge is 0.350 e. The van der Waals surface area contributed by atoms with Crippen molar-refractivity contribution in [1.82, 2.24) is 16.0 Å². The Kier molecular flexibility index (Phi) is 6.03. The molecule has 0 atom stereocenters. The molecule has 0 aliphatic carbocycles. The lowest BCUT2D eigenvalue weighted by atomic mass is 10.1. The maximum absolute atomic E-state index is 11.9. The van der Waals surface area contributed by atoms with E-state index in [9.17, 15) is 9.59 Å². The first-order valence-corrected chi connectivity index (χ1v) is 6.82. The summed E-state index contributed by atoms with van der Waals surface area (Å²) >= 11 is 0. The van der Waals surface area contributed by atoms with Crippen LogP contribution in [0.4, 0.5) is 4.79 Å². The van der Waals surface area contributed by atoms with Gasteiger partial charge in [0, 0.05) is 24.2 Å². The number of hydrogen-bond acceptors (Lipinski definition) is 2. The molecule has 0 saturated carbocycles. The minimum Gasteiger partial charge on any atom is -0.350 e. The van der Waals surface area contributed by atoms with Crippen LogP contribution in [0.5, 0.6) is 0 Å². The zero-order chi connectivity index (χ0) is 15.1. The van der Waals surface area contributed by atoms with E-state index in [2.05, 4.69) is 16.0 Å². The van der Waals surface area contributed by atoms with Crippen LogP contribution in [0.25, 0.3) is 0 Å². The van der Waals surface area contributed by atoms with Crippen LogP contribution in [0.3, 0.4) is 0 Å². The first-order valence-electron chi connectivity index (χ1n) is 6.82. The lowest BCUT2D eigenvalue weighted by Crippen LogP contribution is -2.39. The second-order valence-electron chi connectivity index (χ2n) is 5.31. The van der Waals surface area contributed by atoms with Gasteiger partial charge in [-0.15, -0.1) is 0 Å². The van der Waals surface area contributed by atoms with E-state index < -0.39 is 0 Å². The Hall–Kier alpha value is -2.04. The Morgan fingerprint density at radius 3 is 2.30 bits per heavy atom. The SMILES string of the molecule is CC(C)NC(=O)NCc1cccc(C(=O)NC(C)C)c1. The van der Waals surface area contributed by atoms with Crippen molar-refractivity contribution in [3.05, 3.63) is 35.4 Å². The molecule has 1 aromatic carbocycles. The van der Waals surface area contributed by atoms with Gasteiger partial charge in [-0.1, -0.05) is 12.1 Å². The molecule has 0 bridgehead atoms. The van der Waals surface area contributed by atoms with E-state index in [0.717, 1.165) is 5.56 Å². The highest BCUT2D eigenvalue weighted by Crippen LogP contribution is 2.05. The second-order valence-corrected chi connectivity index (χ2v) is 5.31. The van der Waals surface area contributed by atoms with Crippen molar-refractivity contribution in [1.29, 1.82) is 0 Å². The van der Waals surface area contributed by atoms with Gasteiger partial charge in [0.1, 0.15) is 0 Å². The number of nitrogens with one attached hydrogen (secondary N) is 3. The number of rotatable bonds is 5. The first kappa shape index (κ1) is 16.0. The van der Waals surface area contributed by atoms with Gasteiger partial charge >= 0.3 is 6.03 Å². The molecule has 0 saturated heterocycles. The van der Waals surface area contributed by atoms with Crippen LogP contribution >= 0.6 is 0 Å². The summed E-state index contributed by atoms with van der Waals surface area (Å²) in [5.74, 6) is -0.103. The van der Waals surface area contributed by atoms with Crippen LogP contribution in [-0.2, 0) is 6.54 Å². The first-order chi connectivity index (χ1) is 9.38. The fourth-order valence-electron chi connectivity index (χ4n) is 1.66. The summed E-state index contributed by atoms with van der Waals surface area (Å²) in [6.07, 6.45) is 0. The maximum atomic E-state index is 11.9. The highest BCUT2D eigenvalue weighted by molar-refractivity contribution is 5.94. The van der Waals surface area contributed by atoms with Crippen LogP contribution in [0.15, 0.2) is 24.3 Å². The van der Waals surface area contributed by atoms with E-state index in [-0.39, 0.29) is 24.0 Å². The lowest BCUT2D eigenvalue weighted by molar-refractivity contribution is 0.0943.